The van der Waals surface area contributed by atoms with Crippen LogP contribution >= 0.6 is 0 Å². The number of aliphatic hydroxyl groups excluding tert-OH is 8. The van der Waals surface area contributed by atoms with Gasteiger partial charge in [0.25, 0.3) is 0 Å². The Morgan fingerprint density at radius 3 is 1.38 bits per heavy atom. The molecule has 12 atom stereocenters. The molecule has 0 bridgehead atoms. The number of rotatable bonds is 49. The van der Waals surface area contributed by atoms with Crippen LogP contribution in [0.2, 0.25) is 0 Å². The maximum atomic E-state index is 13.3. The molecule has 0 spiro atoms. The molecule has 1 amide bonds. The van der Waals surface area contributed by atoms with Crippen LogP contribution in [0.3, 0.4) is 0 Å². The molecule has 9 N–H and O–H groups in total. The summed E-state index contributed by atoms with van der Waals surface area (Å²) in [4.78, 5) is 13.3. The molecule has 12 unspecified atom stereocenters. The van der Waals surface area contributed by atoms with Crippen molar-refractivity contribution in [2.24, 2.45) is 0 Å². The summed E-state index contributed by atoms with van der Waals surface area (Å²) in [6.07, 6.45) is 53.1. The summed E-state index contributed by atoms with van der Waals surface area (Å²) < 4.78 is 22.8. The van der Waals surface area contributed by atoms with Gasteiger partial charge >= 0.3 is 0 Å². The van der Waals surface area contributed by atoms with E-state index in [1.807, 2.05) is 6.08 Å². The Morgan fingerprint density at radius 2 is 0.875 bits per heavy atom. The molecule has 0 saturated carbocycles. The molecule has 0 aliphatic carbocycles. The highest BCUT2D eigenvalue weighted by molar-refractivity contribution is 5.76. The minimum absolute atomic E-state index is 0.255. The van der Waals surface area contributed by atoms with Gasteiger partial charge in [-0.15, -0.1) is 0 Å². The summed E-state index contributed by atoms with van der Waals surface area (Å²) in [5.41, 5.74) is 0. The summed E-state index contributed by atoms with van der Waals surface area (Å²) in [5, 5.41) is 87.1. The molecular formula is C66H113NO13. The monoisotopic (exact) mass is 1130 g/mol. The zero-order valence-electron chi connectivity index (χ0n) is 49.5. The SMILES string of the molecule is CC/C=C\C/C=C\C/C=C\C/C=C\C/C=C\C/C=C\CCCCCCCCCCCCCCC(=O)NC(COC1OC(CO)C(OC2OC(CO)C(O)C(O)C2O)C(O)C1O)C(O)/C=C/CC/C=C/CCCCCCCCCCC. The summed E-state index contributed by atoms with van der Waals surface area (Å²) in [7, 11) is 0. The molecule has 0 aromatic carbocycles. The van der Waals surface area contributed by atoms with Crippen molar-refractivity contribution >= 4 is 5.91 Å². The Morgan fingerprint density at radius 1 is 0.463 bits per heavy atom. The third kappa shape index (κ3) is 35.1. The van der Waals surface area contributed by atoms with E-state index in [-0.39, 0.29) is 18.9 Å². The van der Waals surface area contributed by atoms with E-state index < -0.39 is 86.8 Å². The van der Waals surface area contributed by atoms with Crippen molar-refractivity contribution in [3.05, 3.63) is 97.2 Å². The Hall–Kier alpha value is -3.09. The smallest absolute Gasteiger partial charge is 0.220 e. The number of carbonyl (C=O) groups is 1. The van der Waals surface area contributed by atoms with Gasteiger partial charge < -0.3 is 65.1 Å². The van der Waals surface area contributed by atoms with Crippen molar-refractivity contribution in [1.29, 1.82) is 0 Å². The molecule has 2 aliphatic rings. The van der Waals surface area contributed by atoms with E-state index in [0.29, 0.717) is 12.8 Å². The second-order valence-corrected chi connectivity index (χ2v) is 21.8. The lowest BCUT2D eigenvalue weighted by atomic mass is 9.97. The van der Waals surface area contributed by atoms with E-state index in [1.54, 1.807) is 6.08 Å². The highest BCUT2D eigenvalue weighted by Crippen LogP contribution is 2.30. The van der Waals surface area contributed by atoms with E-state index in [2.05, 4.69) is 104 Å². The summed E-state index contributed by atoms with van der Waals surface area (Å²) in [6.45, 7) is 2.65. The van der Waals surface area contributed by atoms with Gasteiger partial charge in [0.05, 0.1) is 32.0 Å². The first kappa shape index (κ1) is 73.0. The number of carbonyl (C=O) groups excluding carboxylic acids is 1. The lowest BCUT2D eigenvalue weighted by molar-refractivity contribution is -0.359. The van der Waals surface area contributed by atoms with Gasteiger partial charge in [-0.3, -0.25) is 4.79 Å². The lowest BCUT2D eigenvalue weighted by Crippen LogP contribution is -2.65. The summed E-state index contributed by atoms with van der Waals surface area (Å²) in [5.74, 6) is -0.255. The van der Waals surface area contributed by atoms with Crippen LogP contribution in [0, 0.1) is 0 Å². The van der Waals surface area contributed by atoms with Gasteiger partial charge in [-0.05, 0) is 83.5 Å². The molecule has 14 nitrogen and oxygen atoms in total. The van der Waals surface area contributed by atoms with Crippen LogP contribution in [0.15, 0.2) is 97.2 Å². The predicted octanol–water partition coefficient (Wildman–Crippen LogP) is 11.4. The van der Waals surface area contributed by atoms with Gasteiger partial charge in [0, 0.05) is 6.42 Å². The Kier molecular flexibility index (Phi) is 46.0. The van der Waals surface area contributed by atoms with E-state index in [4.69, 9.17) is 18.9 Å². The molecule has 0 aromatic rings. The fourth-order valence-electron chi connectivity index (χ4n) is 9.72. The first-order valence-corrected chi connectivity index (χ1v) is 31.5. The van der Waals surface area contributed by atoms with Crippen LogP contribution < -0.4 is 5.32 Å². The van der Waals surface area contributed by atoms with Crippen molar-refractivity contribution < 1.29 is 64.6 Å². The number of nitrogens with one attached hydrogen (secondary N) is 1. The second-order valence-electron chi connectivity index (χ2n) is 21.8. The van der Waals surface area contributed by atoms with Crippen molar-refractivity contribution in [3.8, 4) is 0 Å². The molecule has 2 fully saturated rings. The number of hydrogen-bond donors (Lipinski definition) is 9. The molecule has 2 aliphatic heterocycles. The Labute approximate surface area is 483 Å². The molecule has 460 valence electrons. The van der Waals surface area contributed by atoms with Crippen molar-refractivity contribution in [2.75, 3.05) is 19.8 Å². The van der Waals surface area contributed by atoms with E-state index in [1.165, 1.54) is 109 Å². The number of aliphatic hydroxyl groups is 8. The molecule has 2 saturated heterocycles. The van der Waals surface area contributed by atoms with Gasteiger partial charge in [0.15, 0.2) is 12.6 Å². The number of ether oxygens (including phenoxy) is 4. The minimum Gasteiger partial charge on any atom is -0.394 e. The zero-order valence-corrected chi connectivity index (χ0v) is 49.5. The average Bonchev–Trinajstić information content (AvgIpc) is 3.46. The van der Waals surface area contributed by atoms with Crippen molar-refractivity contribution in [1.82, 2.24) is 5.32 Å². The highest BCUT2D eigenvalue weighted by Gasteiger charge is 2.51. The maximum Gasteiger partial charge on any atom is 0.220 e. The second kappa shape index (κ2) is 50.4. The van der Waals surface area contributed by atoms with Crippen LogP contribution in [-0.2, 0) is 23.7 Å². The van der Waals surface area contributed by atoms with Crippen LogP contribution in [0.5, 0.6) is 0 Å². The molecule has 2 heterocycles. The van der Waals surface area contributed by atoms with Gasteiger partial charge in [-0.2, -0.15) is 0 Å². The van der Waals surface area contributed by atoms with Crippen LogP contribution in [0.25, 0.3) is 0 Å². The molecule has 2 rings (SSSR count). The Balaban J connectivity index is 1.70. The standard InChI is InChI=1S/C66H113NO13/c1-3-5-7-9-11-13-15-17-19-20-21-22-23-24-25-26-27-28-29-30-31-32-33-34-36-38-40-42-44-46-48-50-58(71)67-54(55(70)49-47-45-43-41-39-37-35-18-16-14-12-10-8-6-4-2)53-77-65-63(76)61(74)64(57(52-69)79-65)80-66-62(75)60(73)59(72)56(51-68)78-66/h5,7,11,13,17,19,21-22,24-25,27-28,39,41,47,49,54-57,59-66,68-70,72-76H,3-4,6,8-10,12,14-16,18,20,23,26,29-38,40,42-46,48,50-53H2,1-2H3,(H,67,71)/b7-5-,13-11-,19-17-,22-21-,25-24-,28-27-,41-39+,49-47+. The highest BCUT2D eigenvalue weighted by atomic mass is 16.7. The maximum absolute atomic E-state index is 13.3. The minimum atomic E-state index is -1.79. The van der Waals surface area contributed by atoms with Gasteiger partial charge in [-0.1, -0.05) is 227 Å². The van der Waals surface area contributed by atoms with Gasteiger partial charge in [-0.25, -0.2) is 0 Å². The molecule has 14 heteroatoms. The normalized spacial score (nSPS) is 24.9. The van der Waals surface area contributed by atoms with Gasteiger partial charge in [0.2, 0.25) is 5.91 Å². The van der Waals surface area contributed by atoms with Crippen molar-refractivity contribution in [2.45, 2.75) is 293 Å². The fourth-order valence-corrected chi connectivity index (χ4v) is 9.72. The van der Waals surface area contributed by atoms with Gasteiger partial charge in [0.1, 0.15) is 48.8 Å². The predicted molar refractivity (Wildman–Crippen MR) is 323 cm³/mol. The van der Waals surface area contributed by atoms with E-state index in [9.17, 15) is 45.6 Å². The molecule has 0 radical (unpaired) electrons. The molecule has 80 heavy (non-hydrogen) atoms. The fraction of sp³-hybridized carbons (Fsp3) is 0.742. The molecule has 0 aromatic heterocycles. The Bertz CT molecular complexity index is 1710. The number of hydrogen-bond acceptors (Lipinski definition) is 13. The topological polar surface area (TPSA) is 228 Å². The number of allylic oxidation sites excluding steroid dienone is 15. The largest absolute Gasteiger partial charge is 0.394 e. The number of amides is 1. The van der Waals surface area contributed by atoms with Crippen LogP contribution in [-0.4, -0.2) is 140 Å². The summed E-state index contributed by atoms with van der Waals surface area (Å²) >= 11 is 0. The van der Waals surface area contributed by atoms with E-state index >= 15 is 0 Å². The van der Waals surface area contributed by atoms with Crippen LogP contribution in [0.1, 0.15) is 219 Å². The third-order valence-corrected chi connectivity index (χ3v) is 14.8. The third-order valence-electron chi connectivity index (χ3n) is 14.8. The first-order chi connectivity index (χ1) is 39.1. The first-order valence-electron chi connectivity index (χ1n) is 31.5. The van der Waals surface area contributed by atoms with E-state index in [0.717, 1.165) is 77.0 Å². The van der Waals surface area contributed by atoms with Crippen LogP contribution in [0.4, 0.5) is 0 Å². The molecular weight excluding hydrogens is 1010 g/mol. The van der Waals surface area contributed by atoms with Crippen molar-refractivity contribution in [3.63, 3.8) is 0 Å². The summed E-state index contributed by atoms with van der Waals surface area (Å²) in [6, 6.07) is -0.938. The average molecular weight is 1130 g/mol. The quantitative estimate of drug-likeness (QED) is 0.0204. The lowest BCUT2D eigenvalue weighted by Gasteiger charge is -2.46. The number of unbranched alkanes of at least 4 members (excludes halogenated alkanes) is 22. The zero-order chi connectivity index (χ0) is 58.1.